The summed E-state index contributed by atoms with van der Waals surface area (Å²) in [7, 11) is 4.51. The third-order valence-electron chi connectivity index (χ3n) is 3.26. The summed E-state index contributed by atoms with van der Waals surface area (Å²) in [6, 6.07) is 14.1. The van der Waals surface area contributed by atoms with Gasteiger partial charge in [-0.15, -0.1) is 0 Å². The first kappa shape index (κ1) is 18.0. The summed E-state index contributed by atoms with van der Waals surface area (Å²) in [5.74, 6) is 1.88. The average molecular weight is 322 g/mol. The van der Waals surface area contributed by atoms with Gasteiger partial charge in [-0.1, -0.05) is 43.7 Å². The van der Waals surface area contributed by atoms with Crippen LogP contribution in [-0.4, -0.2) is 0 Å². The summed E-state index contributed by atoms with van der Waals surface area (Å²) in [4.78, 5) is 0. The molecule has 21 heavy (non-hydrogen) atoms. The number of hydrogen-bond acceptors (Lipinski definition) is 2. The molecule has 2 atom stereocenters. The minimum atomic E-state index is 0.919. The topological polar surface area (TPSA) is 18.5 Å². The Hall–Kier alpha value is -1.10. The summed E-state index contributed by atoms with van der Waals surface area (Å²) < 4.78 is 10.1. The lowest BCUT2D eigenvalue weighted by atomic mass is 10.0. The Morgan fingerprint density at radius 3 is 2.00 bits per heavy atom. The van der Waals surface area contributed by atoms with Gasteiger partial charge in [0, 0.05) is 0 Å². The molecule has 0 amide bonds. The van der Waals surface area contributed by atoms with E-state index in [0.717, 1.165) is 23.5 Å². The summed E-state index contributed by atoms with van der Waals surface area (Å²) >= 11 is 0. The van der Waals surface area contributed by atoms with Crippen LogP contribution in [0.2, 0.25) is 0 Å². The predicted molar refractivity (Wildman–Crippen MR) is 97.0 cm³/mol. The van der Waals surface area contributed by atoms with E-state index in [-0.39, 0.29) is 0 Å². The highest BCUT2D eigenvalue weighted by Crippen LogP contribution is 2.23. The first-order valence-corrected chi connectivity index (χ1v) is 7.95. The van der Waals surface area contributed by atoms with Crippen molar-refractivity contribution < 1.29 is 9.05 Å². The molecule has 2 unspecified atom stereocenters. The Labute approximate surface area is 132 Å². The van der Waals surface area contributed by atoms with Crippen molar-refractivity contribution in [3.8, 4) is 11.5 Å². The average Bonchev–Trinajstić information content (AvgIpc) is 2.51. The summed E-state index contributed by atoms with van der Waals surface area (Å²) in [6.07, 6.45) is 2.31. The molecule has 0 spiro atoms. The van der Waals surface area contributed by atoms with Crippen LogP contribution < -0.4 is 9.05 Å². The molecule has 4 heteroatoms. The molecule has 0 aliphatic carbocycles. The molecule has 0 aliphatic heterocycles. The zero-order chi connectivity index (χ0) is 15.7. The van der Waals surface area contributed by atoms with Gasteiger partial charge in [0.05, 0.1) is 18.9 Å². The van der Waals surface area contributed by atoms with Crippen LogP contribution >= 0.6 is 18.9 Å². The van der Waals surface area contributed by atoms with Gasteiger partial charge in [0.15, 0.2) is 0 Å². The molecular formula is C17H24O2P2. The highest BCUT2D eigenvalue weighted by atomic mass is 31.0. The molecule has 0 radical (unpaired) electrons. The minimum absolute atomic E-state index is 0.919. The lowest BCUT2D eigenvalue weighted by Gasteiger charge is -2.08. The normalized spacial score (nSPS) is 9.57. The Balaban J connectivity index is 0.000000219. The van der Waals surface area contributed by atoms with E-state index < -0.39 is 0 Å². The maximum atomic E-state index is 5.15. The van der Waals surface area contributed by atoms with E-state index >= 15 is 0 Å². The van der Waals surface area contributed by atoms with E-state index in [1.165, 1.54) is 17.5 Å². The molecule has 2 nitrogen and oxygen atoms in total. The maximum Gasteiger partial charge on any atom is 0.125 e. The van der Waals surface area contributed by atoms with E-state index in [1.807, 2.05) is 43.3 Å². The molecule has 0 heterocycles. The zero-order valence-electron chi connectivity index (χ0n) is 12.9. The van der Waals surface area contributed by atoms with Crippen molar-refractivity contribution in [1.82, 2.24) is 0 Å². The van der Waals surface area contributed by atoms with Crippen LogP contribution in [-0.2, 0) is 6.42 Å². The Morgan fingerprint density at radius 1 is 0.857 bits per heavy atom. The van der Waals surface area contributed by atoms with Crippen molar-refractivity contribution in [3.63, 3.8) is 0 Å². The van der Waals surface area contributed by atoms with Crippen LogP contribution in [0.1, 0.15) is 30.0 Å². The molecule has 114 valence electrons. The Bertz CT molecular complexity index is 556. The van der Waals surface area contributed by atoms with Crippen LogP contribution in [0.3, 0.4) is 0 Å². The molecule has 0 aliphatic rings. The van der Waals surface area contributed by atoms with E-state index in [0.29, 0.717) is 0 Å². The zero-order valence-corrected chi connectivity index (χ0v) is 15.2. The third-order valence-corrected chi connectivity index (χ3v) is 3.77. The second kappa shape index (κ2) is 9.77. The third kappa shape index (κ3) is 5.65. The van der Waals surface area contributed by atoms with E-state index in [4.69, 9.17) is 9.05 Å². The standard InChI is InChI=1S/C10H15OP.C7H9OP/c1-3-5-9-6-4-7-10(11-12)8(9)2;1-6-4-2-3-5-7(6)8-9/h4,6-7H,3,5,12H2,1-2H3;2-5H,9H2,1H3. The van der Waals surface area contributed by atoms with Crippen molar-refractivity contribution in [2.75, 3.05) is 0 Å². The first-order chi connectivity index (χ1) is 10.1. The van der Waals surface area contributed by atoms with Gasteiger partial charge in [-0.2, -0.15) is 0 Å². The highest BCUT2D eigenvalue weighted by Gasteiger charge is 2.01. The van der Waals surface area contributed by atoms with E-state index in [9.17, 15) is 0 Å². The second-order valence-electron chi connectivity index (χ2n) is 4.79. The molecule has 0 fully saturated rings. The van der Waals surface area contributed by atoms with Crippen LogP contribution in [0.4, 0.5) is 0 Å². The van der Waals surface area contributed by atoms with Gasteiger partial charge in [0.25, 0.3) is 0 Å². The lowest BCUT2D eigenvalue weighted by molar-refractivity contribution is 0.637. The van der Waals surface area contributed by atoms with Gasteiger partial charge in [-0.05, 0) is 49.1 Å². The number of benzene rings is 2. The van der Waals surface area contributed by atoms with Gasteiger partial charge in [-0.3, -0.25) is 0 Å². The highest BCUT2D eigenvalue weighted by molar-refractivity contribution is 7.10. The quantitative estimate of drug-likeness (QED) is 0.713. The van der Waals surface area contributed by atoms with Gasteiger partial charge >= 0.3 is 0 Å². The maximum absolute atomic E-state index is 5.15. The molecule has 0 N–H and O–H groups in total. The molecular weight excluding hydrogens is 298 g/mol. The predicted octanol–water partition coefficient (Wildman–Crippen LogP) is 5.28. The largest absolute Gasteiger partial charge is 0.480 e. The first-order valence-electron chi connectivity index (χ1n) is 7.01. The molecule has 0 aromatic heterocycles. The molecule has 2 aromatic rings. The monoisotopic (exact) mass is 322 g/mol. The SMILES string of the molecule is CCCc1cccc(OP)c1C.Cc1ccccc1OP. The Morgan fingerprint density at radius 2 is 1.48 bits per heavy atom. The molecule has 0 saturated heterocycles. The molecule has 2 aromatic carbocycles. The van der Waals surface area contributed by atoms with Crippen molar-refractivity contribution >= 4 is 18.9 Å². The van der Waals surface area contributed by atoms with Gasteiger partial charge in [-0.25, -0.2) is 0 Å². The van der Waals surface area contributed by atoms with Crippen molar-refractivity contribution in [2.45, 2.75) is 33.6 Å². The van der Waals surface area contributed by atoms with Gasteiger partial charge in [0.1, 0.15) is 11.5 Å². The Kier molecular flexibility index (Phi) is 8.35. The second-order valence-corrected chi connectivity index (χ2v) is 5.26. The molecule has 0 bridgehead atoms. The smallest absolute Gasteiger partial charge is 0.125 e. The van der Waals surface area contributed by atoms with Crippen LogP contribution in [0, 0.1) is 13.8 Å². The number of rotatable bonds is 4. The van der Waals surface area contributed by atoms with Crippen LogP contribution in [0.25, 0.3) is 0 Å². The lowest BCUT2D eigenvalue weighted by Crippen LogP contribution is -1.90. The fourth-order valence-electron chi connectivity index (χ4n) is 2.02. The summed E-state index contributed by atoms with van der Waals surface area (Å²) in [6.45, 7) is 6.30. The minimum Gasteiger partial charge on any atom is -0.480 e. The number of hydrogen-bond donors (Lipinski definition) is 0. The van der Waals surface area contributed by atoms with E-state index in [2.05, 4.69) is 38.8 Å². The summed E-state index contributed by atoms with van der Waals surface area (Å²) in [5.41, 5.74) is 3.80. The van der Waals surface area contributed by atoms with Gasteiger partial charge < -0.3 is 9.05 Å². The molecule has 0 saturated carbocycles. The molecule has 2 rings (SSSR count). The van der Waals surface area contributed by atoms with Crippen molar-refractivity contribution in [1.29, 1.82) is 0 Å². The van der Waals surface area contributed by atoms with Crippen molar-refractivity contribution in [3.05, 3.63) is 59.2 Å². The summed E-state index contributed by atoms with van der Waals surface area (Å²) in [5, 5.41) is 0. The fourth-order valence-corrected chi connectivity index (χ4v) is 2.54. The van der Waals surface area contributed by atoms with Gasteiger partial charge in [0.2, 0.25) is 0 Å². The van der Waals surface area contributed by atoms with Crippen LogP contribution in [0.5, 0.6) is 11.5 Å². The van der Waals surface area contributed by atoms with Crippen LogP contribution in [0.15, 0.2) is 42.5 Å². The van der Waals surface area contributed by atoms with Crippen molar-refractivity contribution in [2.24, 2.45) is 0 Å². The number of para-hydroxylation sites is 1. The number of aryl methyl sites for hydroxylation is 2. The fraction of sp³-hybridized carbons (Fsp3) is 0.294. The van der Waals surface area contributed by atoms with E-state index in [1.54, 1.807) is 0 Å².